The smallest absolute Gasteiger partial charge is 0.264 e. The molecule has 0 aliphatic carbocycles. The van der Waals surface area contributed by atoms with Crippen LogP contribution in [0, 0.1) is 12.7 Å². The van der Waals surface area contributed by atoms with E-state index < -0.39 is 22.5 Å². The third-order valence-electron chi connectivity index (χ3n) is 4.48. The van der Waals surface area contributed by atoms with Crippen LogP contribution in [0.25, 0.3) is 0 Å². The Balaban J connectivity index is 1.86. The largest absolute Gasteiger partial charge is 0.350 e. The summed E-state index contributed by atoms with van der Waals surface area (Å²) in [5.41, 5.74) is 1.82. The van der Waals surface area contributed by atoms with E-state index in [2.05, 4.69) is 5.32 Å². The maximum Gasteiger partial charge on any atom is 0.264 e. The fourth-order valence-electron chi connectivity index (χ4n) is 2.87. The second-order valence-corrected chi connectivity index (χ2v) is 8.95. The molecule has 8 heteroatoms. The highest BCUT2D eigenvalue weighted by atomic mass is 35.5. The van der Waals surface area contributed by atoms with Crippen LogP contribution in [-0.4, -0.2) is 20.9 Å². The maximum absolute atomic E-state index is 13.3. The van der Waals surface area contributed by atoms with E-state index in [0.717, 1.165) is 4.31 Å². The first-order valence-corrected chi connectivity index (χ1v) is 10.9. The van der Waals surface area contributed by atoms with E-state index in [1.54, 1.807) is 43.3 Å². The van der Waals surface area contributed by atoms with Gasteiger partial charge in [0.2, 0.25) is 5.91 Å². The fraction of sp³-hybridized carbons (Fsp3) is 0.136. The molecule has 30 heavy (non-hydrogen) atoms. The molecule has 0 aromatic heterocycles. The van der Waals surface area contributed by atoms with Crippen molar-refractivity contribution in [1.82, 2.24) is 5.32 Å². The average Bonchev–Trinajstić information content (AvgIpc) is 2.72. The van der Waals surface area contributed by atoms with Crippen LogP contribution < -0.4 is 9.62 Å². The van der Waals surface area contributed by atoms with Gasteiger partial charge in [-0.15, -0.1) is 0 Å². The highest BCUT2D eigenvalue weighted by Gasteiger charge is 2.28. The predicted octanol–water partition coefficient (Wildman–Crippen LogP) is 4.30. The van der Waals surface area contributed by atoms with Crippen molar-refractivity contribution in [3.05, 3.63) is 94.8 Å². The molecule has 0 heterocycles. The summed E-state index contributed by atoms with van der Waals surface area (Å²) in [5, 5.41) is 3.09. The number of amides is 1. The molecule has 0 spiro atoms. The summed E-state index contributed by atoms with van der Waals surface area (Å²) in [6.45, 7) is 1.52. The summed E-state index contributed by atoms with van der Waals surface area (Å²) in [6, 6.07) is 18.4. The number of para-hydroxylation sites is 1. The zero-order chi connectivity index (χ0) is 21.7. The van der Waals surface area contributed by atoms with Crippen molar-refractivity contribution < 1.29 is 17.6 Å². The van der Waals surface area contributed by atoms with Gasteiger partial charge in [-0.3, -0.25) is 9.10 Å². The Morgan fingerprint density at radius 3 is 2.27 bits per heavy atom. The normalized spacial score (nSPS) is 11.2. The first-order chi connectivity index (χ1) is 14.3. The molecule has 0 aliphatic rings. The van der Waals surface area contributed by atoms with Crippen LogP contribution in [0.1, 0.15) is 11.1 Å². The van der Waals surface area contributed by atoms with Crippen LogP contribution in [0.15, 0.2) is 77.7 Å². The molecule has 0 fully saturated rings. The Hall–Kier alpha value is -2.90. The maximum atomic E-state index is 13.3. The summed E-state index contributed by atoms with van der Waals surface area (Å²) in [6.07, 6.45) is 0. The summed E-state index contributed by atoms with van der Waals surface area (Å²) in [5.74, 6) is -0.857. The molecular weight excluding hydrogens is 427 g/mol. The van der Waals surface area contributed by atoms with Gasteiger partial charge in [-0.05, 0) is 60.5 Å². The van der Waals surface area contributed by atoms with Gasteiger partial charge >= 0.3 is 0 Å². The number of aryl methyl sites for hydroxylation is 1. The Bertz CT molecular complexity index is 1130. The van der Waals surface area contributed by atoms with Crippen LogP contribution in [0.3, 0.4) is 0 Å². The lowest BCUT2D eigenvalue weighted by Gasteiger charge is -2.25. The Morgan fingerprint density at radius 1 is 1.00 bits per heavy atom. The quantitative estimate of drug-likeness (QED) is 0.588. The fourth-order valence-corrected chi connectivity index (χ4v) is 4.48. The molecule has 3 rings (SSSR count). The Labute approximate surface area is 180 Å². The standard InChI is InChI=1S/C22H20ClFN2O3S/c1-16-4-2-3-5-21(16)26(30(28,29)20-12-8-18(23)9-13-20)15-22(27)25-14-17-6-10-19(24)11-7-17/h2-13H,14-15H2,1H3,(H,25,27). The molecular formula is C22H20ClFN2O3S. The Morgan fingerprint density at radius 2 is 1.63 bits per heavy atom. The molecule has 156 valence electrons. The van der Waals surface area contributed by atoms with Crippen LogP contribution in [-0.2, 0) is 21.4 Å². The van der Waals surface area contributed by atoms with Crippen molar-refractivity contribution in [3.63, 3.8) is 0 Å². The molecule has 3 aromatic carbocycles. The molecule has 5 nitrogen and oxygen atoms in total. The molecule has 1 N–H and O–H groups in total. The molecule has 0 saturated heterocycles. The van der Waals surface area contributed by atoms with Crippen molar-refractivity contribution in [1.29, 1.82) is 0 Å². The second kappa shape index (κ2) is 9.28. The monoisotopic (exact) mass is 446 g/mol. The minimum atomic E-state index is -4.01. The van der Waals surface area contributed by atoms with Crippen LogP contribution in [0.4, 0.5) is 10.1 Å². The minimum Gasteiger partial charge on any atom is -0.350 e. The van der Waals surface area contributed by atoms with E-state index in [1.807, 2.05) is 0 Å². The third kappa shape index (κ3) is 5.17. The number of carbonyl (C=O) groups excluding carboxylic acids is 1. The lowest BCUT2D eigenvalue weighted by Crippen LogP contribution is -2.41. The van der Waals surface area contributed by atoms with E-state index in [4.69, 9.17) is 11.6 Å². The van der Waals surface area contributed by atoms with Crippen molar-refractivity contribution in [3.8, 4) is 0 Å². The molecule has 0 unspecified atom stereocenters. The van der Waals surface area contributed by atoms with E-state index >= 15 is 0 Å². The molecule has 0 atom stereocenters. The molecule has 0 radical (unpaired) electrons. The van der Waals surface area contributed by atoms with Gasteiger partial charge in [0.15, 0.2) is 0 Å². The SMILES string of the molecule is Cc1ccccc1N(CC(=O)NCc1ccc(F)cc1)S(=O)(=O)c1ccc(Cl)cc1. The third-order valence-corrected chi connectivity index (χ3v) is 6.50. The highest BCUT2D eigenvalue weighted by Crippen LogP contribution is 2.27. The second-order valence-electron chi connectivity index (χ2n) is 6.66. The summed E-state index contributed by atoms with van der Waals surface area (Å²) >= 11 is 5.88. The first kappa shape index (κ1) is 21.8. The number of hydrogen-bond acceptors (Lipinski definition) is 3. The number of benzene rings is 3. The Kier molecular flexibility index (Phi) is 6.74. The number of anilines is 1. The molecule has 1 amide bonds. The van der Waals surface area contributed by atoms with Crippen molar-refractivity contribution in [2.75, 3.05) is 10.8 Å². The van der Waals surface area contributed by atoms with Crippen molar-refractivity contribution in [2.24, 2.45) is 0 Å². The van der Waals surface area contributed by atoms with Gasteiger partial charge < -0.3 is 5.32 Å². The lowest BCUT2D eigenvalue weighted by atomic mass is 10.2. The van der Waals surface area contributed by atoms with Gasteiger partial charge in [-0.25, -0.2) is 12.8 Å². The molecule has 0 bridgehead atoms. The number of nitrogens with zero attached hydrogens (tertiary/aromatic N) is 1. The summed E-state index contributed by atoms with van der Waals surface area (Å²) < 4.78 is 40.7. The van der Waals surface area contributed by atoms with Gasteiger partial charge in [-0.1, -0.05) is 41.9 Å². The van der Waals surface area contributed by atoms with E-state index in [9.17, 15) is 17.6 Å². The van der Waals surface area contributed by atoms with Crippen LogP contribution >= 0.6 is 11.6 Å². The number of sulfonamides is 1. The number of nitrogens with one attached hydrogen (secondary N) is 1. The van der Waals surface area contributed by atoms with Crippen LogP contribution in [0.5, 0.6) is 0 Å². The topological polar surface area (TPSA) is 66.5 Å². The first-order valence-electron chi connectivity index (χ1n) is 9.12. The lowest BCUT2D eigenvalue weighted by molar-refractivity contribution is -0.119. The van der Waals surface area contributed by atoms with E-state index in [-0.39, 0.29) is 17.3 Å². The summed E-state index contributed by atoms with van der Waals surface area (Å²) in [4.78, 5) is 12.6. The zero-order valence-corrected chi connectivity index (χ0v) is 17.8. The molecule has 3 aromatic rings. The number of halogens is 2. The number of rotatable bonds is 7. The van der Waals surface area contributed by atoms with Gasteiger partial charge in [0.1, 0.15) is 12.4 Å². The van der Waals surface area contributed by atoms with Gasteiger partial charge in [0.05, 0.1) is 10.6 Å². The number of hydrogen-bond donors (Lipinski definition) is 1. The molecule has 0 aliphatic heterocycles. The van der Waals surface area contributed by atoms with Gasteiger partial charge in [0.25, 0.3) is 10.0 Å². The highest BCUT2D eigenvalue weighted by molar-refractivity contribution is 7.92. The van der Waals surface area contributed by atoms with Crippen molar-refractivity contribution in [2.45, 2.75) is 18.4 Å². The van der Waals surface area contributed by atoms with E-state index in [1.165, 1.54) is 36.4 Å². The van der Waals surface area contributed by atoms with Gasteiger partial charge in [0, 0.05) is 11.6 Å². The van der Waals surface area contributed by atoms with Gasteiger partial charge in [-0.2, -0.15) is 0 Å². The summed E-state index contributed by atoms with van der Waals surface area (Å²) in [7, 11) is -4.01. The average molecular weight is 447 g/mol. The zero-order valence-electron chi connectivity index (χ0n) is 16.2. The molecule has 0 saturated carbocycles. The number of carbonyl (C=O) groups is 1. The van der Waals surface area contributed by atoms with E-state index in [0.29, 0.717) is 21.8 Å². The predicted molar refractivity (Wildman–Crippen MR) is 115 cm³/mol. The van der Waals surface area contributed by atoms with Crippen LogP contribution in [0.2, 0.25) is 5.02 Å². The minimum absolute atomic E-state index is 0.0292. The van der Waals surface area contributed by atoms with Crippen molar-refractivity contribution >= 4 is 33.2 Å².